The third-order valence-electron chi connectivity index (χ3n) is 2.69. The van der Waals surface area contributed by atoms with Crippen molar-refractivity contribution in [2.45, 2.75) is 24.8 Å². The van der Waals surface area contributed by atoms with Gasteiger partial charge in [-0.3, -0.25) is 9.78 Å². The number of aromatic nitrogens is 1. The highest BCUT2D eigenvalue weighted by atomic mass is 32.2. The Labute approximate surface area is 111 Å². The molecule has 0 aliphatic heterocycles. The van der Waals surface area contributed by atoms with Crippen LogP contribution in [0.1, 0.15) is 23.0 Å². The monoisotopic (exact) mass is 269 g/mol. The van der Waals surface area contributed by atoms with Crippen LogP contribution >= 0.6 is 11.8 Å². The fraction of sp³-hybridized carbons (Fsp3) is 0.500. The van der Waals surface area contributed by atoms with Gasteiger partial charge in [-0.2, -0.15) is 11.8 Å². The van der Waals surface area contributed by atoms with E-state index in [1.54, 1.807) is 18.3 Å². The number of hydrogen-bond acceptors (Lipinski definition) is 5. The summed E-state index contributed by atoms with van der Waals surface area (Å²) in [5, 5.41) is 12.0. The Kier molecular flexibility index (Phi) is 6.11. The summed E-state index contributed by atoms with van der Waals surface area (Å²) in [5.74, 6) is -0.174. The molecule has 4 N–H and O–H groups in total. The van der Waals surface area contributed by atoms with Crippen LogP contribution in [-0.4, -0.2) is 40.2 Å². The zero-order chi connectivity index (χ0) is 13.5. The van der Waals surface area contributed by atoms with E-state index >= 15 is 0 Å². The molecule has 0 saturated carbocycles. The smallest absolute Gasteiger partial charge is 0.251 e. The first kappa shape index (κ1) is 14.9. The molecule has 0 bridgehead atoms. The summed E-state index contributed by atoms with van der Waals surface area (Å²) in [4.78, 5) is 16.0. The molecule has 1 amide bonds. The Bertz CT molecular complexity index is 397. The number of aliphatic hydroxyl groups excluding tert-OH is 1. The van der Waals surface area contributed by atoms with Gasteiger partial charge in [0, 0.05) is 29.6 Å². The molecule has 1 aromatic heterocycles. The predicted molar refractivity (Wildman–Crippen MR) is 73.4 cm³/mol. The van der Waals surface area contributed by atoms with Crippen molar-refractivity contribution >= 4 is 17.7 Å². The van der Waals surface area contributed by atoms with Gasteiger partial charge in [-0.15, -0.1) is 0 Å². The van der Waals surface area contributed by atoms with Crippen LogP contribution in [0.15, 0.2) is 18.3 Å². The topological polar surface area (TPSA) is 88.2 Å². The highest BCUT2D eigenvalue weighted by molar-refractivity contribution is 7.99. The van der Waals surface area contributed by atoms with Crippen LogP contribution in [-0.2, 0) is 6.54 Å². The Hall–Kier alpha value is -1.11. The number of carbonyl (C=O) groups excluding carboxylic acids is 1. The maximum atomic E-state index is 12.0. The minimum Gasteiger partial charge on any atom is -0.395 e. The summed E-state index contributed by atoms with van der Waals surface area (Å²) in [7, 11) is 0. The first-order chi connectivity index (χ1) is 8.62. The lowest BCUT2D eigenvalue weighted by Gasteiger charge is -2.21. The average Bonchev–Trinajstić information content (AvgIpc) is 2.40. The number of rotatable bonds is 6. The van der Waals surface area contributed by atoms with Crippen molar-refractivity contribution in [1.29, 1.82) is 0 Å². The van der Waals surface area contributed by atoms with Crippen LogP contribution in [0, 0.1) is 0 Å². The molecule has 6 heteroatoms. The van der Waals surface area contributed by atoms with Gasteiger partial charge in [0.05, 0.1) is 12.3 Å². The van der Waals surface area contributed by atoms with E-state index < -0.39 is 0 Å². The third kappa shape index (κ3) is 3.97. The molecule has 2 unspecified atom stereocenters. The van der Waals surface area contributed by atoms with E-state index in [4.69, 9.17) is 10.8 Å². The second-order valence-electron chi connectivity index (χ2n) is 3.96. The van der Waals surface area contributed by atoms with E-state index in [-0.39, 0.29) is 23.8 Å². The molecule has 2 atom stereocenters. The maximum absolute atomic E-state index is 12.0. The predicted octanol–water partition coefficient (Wildman–Crippen LogP) is 0.382. The van der Waals surface area contributed by atoms with E-state index in [1.165, 1.54) is 11.8 Å². The van der Waals surface area contributed by atoms with Gasteiger partial charge in [-0.05, 0) is 25.3 Å². The summed E-state index contributed by atoms with van der Waals surface area (Å²) in [6.07, 6.45) is 3.47. The van der Waals surface area contributed by atoms with Gasteiger partial charge >= 0.3 is 0 Å². The van der Waals surface area contributed by atoms with Crippen LogP contribution < -0.4 is 11.1 Å². The summed E-state index contributed by atoms with van der Waals surface area (Å²) < 4.78 is 0. The number of pyridine rings is 1. The summed E-state index contributed by atoms with van der Waals surface area (Å²) >= 11 is 1.53. The number of nitrogens with zero attached hydrogens (tertiary/aromatic N) is 1. The van der Waals surface area contributed by atoms with Crippen molar-refractivity contribution in [1.82, 2.24) is 10.3 Å². The molecule has 0 saturated heterocycles. The van der Waals surface area contributed by atoms with E-state index in [0.717, 1.165) is 0 Å². The summed E-state index contributed by atoms with van der Waals surface area (Å²) in [5.41, 5.74) is 6.70. The van der Waals surface area contributed by atoms with Crippen molar-refractivity contribution in [3.05, 3.63) is 29.6 Å². The lowest BCUT2D eigenvalue weighted by Crippen LogP contribution is -2.41. The van der Waals surface area contributed by atoms with E-state index in [9.17, 15) is 4.79 Å². The van der Waals surface area contributed by atoms with Gasteiger partial charge in [0.15, 0.2) is 0 Å². The Morgan fingerprint density at radius 1 is 1.67 bits per heavy atom. The molecule has 0 radical (unpaired) electrons. The highest BCUT2D eigenvalue weighted by Gasteiger charge is 2.18. The van der Waals surface area contributed by atoms with Crippen molar-refractivity contribution in [2.24, 2.45) is 5.73 Å². The number of thioether (sulfide) groups is 1. The fourth-order valence-electron chi connectivity index (χ4n) is 1.55. The number of nitrogens with one attached hydrogen (secondary N) is 1. The summed E-state index contributed by atoms with van der Waals surface area (Å²) in [6, 6.07) is 3.22. The molecule has 1 rings (SSSR count). The number of hydrogen-bond donors (Lipinski definition) is 3. The maximum Gasteiger partial charge on any atom is 0.251 e. The molecule has 18 heavy (non-hydrogen) atoms. The number of aliphatic hydroxyl groups is 1. The minimum atomic E-state index is -0.174. The SMILES string of the molecule is CSC(CO)C(C)NC(=O)c1ccnc(CN)c1. The van der Waals surface area contributed by atoms with E-state index in [1.807, 2.05) is 13.2 Å². The normalized spacial score (nSPS) is 14.0. The Morgan fingerprint density at radius 3 is 2.94 bits per heavy atom. The first-order valence-corrected chi connectivity index (χ1v) is 7.00. The van der Waals surface area contributed by atoms with Crippen LogP contribution in [0.3, 0.4) is 0 Å². The zero-order valence-electron chi connectivity index (χ0n) is 10.6. The number of nitrogens with two attached hydrogens (primary N) is 1. The second-order valence-corrected chi connectivity index (χ2v) is 5.04. The summed E-state index contributed by atoms with van der Waals surface area (Å²) in [6.45, 7) is 2.22. The number of amides is 1. The largest absolute Gasteiger partial charge is 0.395 e. The minimum absolute atomic E-state index is 0.00948. The lowest BCUT2D eigenvalue weighted by molar-refractivity contribution is 0.0935. The molecule has 0 fully saturated rings. The van der Waals surface area contributed by atoms with Gasteiger partial charge in [-0.25, -0.2) is 0 Å². The van der Waals surface area contributed by atoms with Crippen LogP contribution in [0.2, 0.25) is 0 Å². The molecule has 100 valence electrons. The first-order valence-electron chi connectivity index (χ1n) is 5.71. The van der Waals surface area contributed by atoms with Gasteiger partial charge in [0.1, 0.15) is 0 Å². The third-order valence-corrected chi connectivity index (χ3v) is 3.85. The van der Waals surface area contributed by atoms with Crippen molar-refractivity contribution in [3.63, 3.8) is 0 Å². The van der Waals surface area contributed by atoms with Crippen LogP contribution in [0.5, 0.6) is 0 Å². The molecule has 1 heterocycles. The van der Waals surface area contributed by atoms with Gasteiger partial charge < -0.3 is 16.2 Å². The van der Waals surface area contributed by atoms with Crippen molar-refractivity contribution in [2.75, 3.05) is 12.9 Å². The van der Waals surface area contributed by atoms with E-state index in [0.29, 0.717) is 17.8 Å². The zero-order valence-corrected chi connectivity index (χ0v) is 11.4. The Morgan fingerprint density at radius 2 is 2.39 bits per heavy atom. The lowest BCUT2D eigenvalue weighted by atomic mass is 10.2. The van der Waals surface area contributed by atoms with Crippen molar-refractivity contribution < 1.29 is 9.90 Å². The van der Waals surface area contributed by atoms with Gasteiger partial charge in [0.25, 0.3) is 5.91 Å². The van der Waals surface area contributed by atoms with Gasteiger partial charge in [-0.1, -0.05) is 0 Å². The fourth-order valence-corrected chi connectivity index (χ4v) is 2.18. The second kappa shape index (κ2) is 7.35. The van der Waals surface area contributed by atoms with Gasteiger partial charge in [0.2, 0.25) is 0 Å². The average molecular weight is 269 g/mol. The number of carbonyl (C=O) groups is 1. The quantitative estimate of drug-likeness (QED) is 0.695. The molecule has 5 nitrogen and oxygen atoms in total. The Balaban J connectivity index is 2.69. The highest BCUT2D eigenvalue weighted by Crippen LogP contribution is 2.11. The molecule has 0 aliphatic rings. The molecule has 0 aliphatic carbocycles. The molecule has 0 aromatic carbocycles. The molecular formula is C12H19N3O2S. The molecule has 1 aromatic rings. The van der Waals surface area contributed by atoms with E-state index in [2.05, 4.69) is 10.3 Å². The molecule has 0 spiro atoms. The molecular weight excluding hydrogens is 250 g/mol. The van der Waals surface area contributed by atoms with Crippen LogP contribution in [0.25, 0.3) is 0 Å². The van der Waals surface area contributed by atoms with Crippen molar-refractivity contribution in [3.8, 4) is 0 Å². The van der Waals surface area contributed by atoms with Crippen LogP contribution in [0.4, 0.5) is 0 Å². The standard InChI is InChI=1S/C12H19N3O2S/c1-8(11(7-16)18-2)15-12(17)9-3-4-14-10(5-9)6-13/h3-5,8,11,16H,6-7,13H2,1-2H3,(H,15,17).